The number of hydrogen-bond donors (Lipinski definition) is 11. The molecule has 16 rings (SSSR count). The van der Waals surface area contributed by atoms with Crippen molar-refractivity contribution in [2.24, 2.45) is 0 Å². The summed E-state index contributed by atoms with van der Waals surface area (Å²) in [6.45, 7) is 37.1. The number of ether oxygens (including phenoxy) is 1. The first-order valence-electron chi connectivity index (χ1n) is 47.9. The summed E-state index contributed by atoms with van der Waals surface area (Å²) < 4.78 is 61.5. The number of aliphatic hydroxyl groups excluding tert-OH is 1. The largest absolute Gasteiger partial charge is 0.393 e. The first-order chi connectivity index (χ1) is 64.9. The molecule has 15 heterocycles. The van der Waals surface area contributed by atoms with Crippen LogP contribution in [0.2, 0.25) is 0 Å². The number of anilines is 4. The van der Waals surface area contributed by atoms with Crippen LogP contribution in [0.3, 0.4) is 0 Å². The Morgan fingerprint density at radius 3 is 0.986 bits per heavy atom. The second kappa shape index (κ2) is 43.4. The first kappa shape index (κ1) is 105. The van der Waals surface area contributed by atoms with Gasteiger partial charge >= 0.3 is 0 Å². The summed E-state index contributed by atoms with van der Waals surface area (Å²) >= 11 is 4.53. The van der Waals surface area contributed by atoms with Gasteiger partial charge in [0, 0.05) is 146 Å². The van der Waals surface area contributed by atoms with E-state index in [1.54, 1.807) is 80.2 Å². The lowest BCUT2D eigenvalue weighted by atomic mass is 9.89. The minimum Gasteiger partial charge on any atom is -0.393 e. The Bertz CT molecular complexity index is 5570. The number of alkyl halides is 4. The predicted molar refractivity (Wildman–Crippen MR) is 529 cm³/mol. The van der Waals surface area contributed by atoms with E-state index in [0.717, 1.165) is 135 Å². The maximum Gasteiger partial charge on any atom is 0.280 e. The number of halogens is 4. The zero-order valence-corrected chi connectivity index (χ0v) is 85.5. The quantitative estimate of drug-likeness (QED) is 0.0213. The van der Waals surface area contributed by atoms with Crippen molar-refractivity contribution in [2.45, 2.75) is 349 Å². The number of pyridine rings is 4. The maximum absolute atomic E-state index is 14.0. The molecule has 40 heteroatoms. The van der Waals surface area contributed by atoms with Gasteiger partial charge in [0.2, 0.25) is 0 Å². The van der Waals surface area contributed by atoms with Crippen LogP contribution in [-0.2, 0) is 4.74 Å². The molecule has 11 N–H and O–H groups in total. The highest BCUT2D eigenvalue weighted by molar-refractivity contribution is 7.18. The summed E-state index contributed by atoms with van der Waals surface area (Å²) in [5, 5.41) is 55.1. The molecule has 0 spiro atoms. The molecular formula is C98H132F4N20O12S4. The molecule has 0 radical (unpaired) electrons. The number of hydrogen-bond acceptors (Lipinski definition) is 28. The Morgan fingerprint density at radius 2 is 0.725 bits per heavy atom. The number of aromatic nitrogens is 8. The highest BCUT2D eigenvalue weighted by atomic mass is 32.1. The molecule has 32 nitrogen and oxygen atoms in total. The lowest BCUT2D eigenvalue weighted by Crippen LogP contribution is -2.47. The highest BCUT2D eigenvalue weighted by Crippen LogP contribution is 2.46. The van der Waals surface area contributed by atoms with E-state index in [-0.39, 0.29) is 110 Å². The van der Waals surface area contributed by atoms with Gasteiger partial charge in [-0.05, 0) is 262 Å². The molecule has 8 aromatic rings. The standard InChI is InChI=1S/2C25H35N5O3S.2C24H31F2N5O3S/c2*1-13(2)27-19-11-14(3)18(12-26-19)21-20(24(32)30-16-7-8-17(30)10-9-16)29-23(34-21)22(31)28-15(4)25(5,6)33;1-13(2)28-18-9-14(3)17(11-27-18)20-19(23(33)31-12-24(25,26)10-15(31)4)30-22(35-20)21(32)29-16-5-7-34-8-6-16;1-5-13(3)28-18-6-12(2)17(10-27-18)20-19(23(34)31-11-24(25,26)9-14(31)4)30-22(35-20)21(33)29-15-7-16(32)8-15/h2*11-13,15-17,33H,7-10H2,1-6H3,(H,26,27)(H,28,31);9,11,13,15-16H,5-8,10,12H2,1-4H3,(H,27,28)(H,29,32);6,10,13-16,32H,5,7-9,11H2,1-4H3,(H,27,28)(H,29,33)/t2*15-,16?,17?;15-;13-,14+,15?,16?/m1001/s1. The number of fused-ring (bicyclic) bond motifs is 4. The Morgan fingerprint density at radius 1 is 0.442 bits per heavy atom. The van der Waals surface area contributed by atoms with Gasteiger partial charge in [-0.2, -0.15) is 0 Å². The minimum atomic E-state index is -2.96. The van der Waals surface area contributed by atoms with Crippen molar-refractivity contribution >= 4 is 116 Å². The number of likely N-dealkylation sites (tertiary alicyclic amines) is 2. The topological polar surface area (TPSA) is 419 Å². The van der Waals surface area contributed by atoms with Crippen LogP contribution in [0.25, 0.3) is 41.8 Å². The van der Waals surface area contributed by atoms with E-state index in [0.29, 0.717) is 92.6 Å². The maximum atomic E-state index is 14.0. The zero-order chi connectivity index (χ0) is 100. The van der Waals surface area contributed by atoms with Crippen LogP contribution in [0.1, 0.15) is 311 Å². The van der Waals surface area contributed by atoms with Crippen molar-refractivity contribution in [2.75, 3.05) is 47.6 Å². The molecule has 1 aliphatic carbocycles. The summed E-state index contributed by atoms with van der Waals surface area (Å²) in [6.07, 6.45) is 17.0. The van der Waals surface area contributed by atoms with Crippen molar-refractivity contribution in [3.05, 3.63) is 114 Å². The Hall–Kier alpha value is -10.4. The highest BCUT2D eigenvalue weighted by Gasteiger charge is 2.50. The van der Waals surface area contributed by atoms with E-state index >= 15 is 0 Å². The van der Waals surface area contributed by atoms with E-state index in [1.165, 1.54) is 22.7 Å². The van der Waals surface area contributed by atoms with Crippen LogP contribution in [0.5, 0.6) is 0 Å². The lowest BCUT2D eigenvalue weighted by Gasteiger charge is -2.31. The van der Waals surface area contributed by atoms with Gasteiger partial charge in [0.15, 0.2) is 20.0 Å². The molecule has 8 fully saturated rings. The summed E-state index contributed by atoms with van der Waals surface area (Å²) in [6, 6.07) is 7.14. The van der Waals surface area contributed by atoms with Gasteiger partial charge in [-0.25, -0.2) is 57.4 Å². The molecule has 138 heavy (non-hydrogen) atoms. The average Bonchev–Trinajstić information content (AvgIpc) is 1.60. The summed E-state index contributed by atoms with van der Waals surface area (Å²) in [5.41, 5.74) is 4.89. The SMILES string of the molecule is CC[C@@H](C)Nc1cc(C)c(-c2sc(C(=O)NC3CC(O)C3)nc2C(=O)N2CC(F)(F)C[C@@H]2C)cn1.Cc1cc(NC(C)C)ncc1-c1sc(C(=O)NC2CCOCC2)nc1C(=O)N1CC(F)(F)C[C@@H]1C.Cc1cc(NC(C)C)ncc1-c1sc(C(=O)N[C@@H](C)C(C)(C)O)nc1C(=O)N1C2CCC1CC2.Cc1cc(NC(C)C)ncc1-c1sc(C(=O)N[C@H](C)C(C)(C)O)nc1C(=O)N1C2CCC1CC2. The molecule has 0 unspecified atom stereocenters. The summed E-state index contributed by atoms with van der Waals surface area (Å²) in [7, 11) is 0. The number of thiazole rings is 4. The predicted octanol–water partition coefficient (Wildman–Crippen LogP) is 15.9. The minimum absolute atomic E-state index is 0.00569. The molecular weight excluding hydrogens is 1850 g/mol. The molecule has 0 aromatic carbocycles. The monoisotopic (exact) mass is 1980 g/mol. The van der Waals surface area contributed by atoms with Gasteiger partial charge in [-0.15, -0.1) is 45.3 Å². The molecule has 7 saturated heterocycles. The van der Waals surface area contributed by atoms with E-state index in [2.05, 4.69) is 117 Å². The third-order valence-electron chi connectivity index (χ3n) is 26.6. The average molecular weight is 1990 g/mol. The number of aliphatic hydroxyl groups is 3. The van der Waals surface area contributed by atoms with Gasteiger partial charge in [-0.1, -0.05) is 6.92 Å². The third-order valence-corrected chi connectivity index (χ3v) is 31.0. The second-order valence-electron chi connectivity index (χ2n) is 40.1. The Balaban J connectivity index is 0.000000155. The number of rotatable bonds is 27. The second-order valence-corrected chi connectivity index (χ2v) is 44.1. The van der Waals surface area contributed by atoms with E-state index < -0.39 is 109 Å². The zero-order valence-electron chi connectivity index (χ0n) is 82.2. The molecule has 748 valence electrons. The molecule has 7 aliphatic heterocycles. The van der Waals surface area contributed by atoms with Gasteiger partial charge in [-0.3, -0.25) is 38.4 Å². The fourth-order valence-corrected chi connectivity index (χ4v) is 22.3. The molecule has 4 bridgehead atoms. The Kier molecular flexibility index (Phi) is 33.0. The fourth-order valence-electron chi connectivity index (χ4n) is 18.2. The third kappa shape index (κ3) is 25.0. The van der Waals surface area contributed by atoms with Crippen LogP contribution >= 0.6 is 45.3 Å². The number of nitrogens with zero attached hydrogens (tertiary/aromatic N) is 12. The van der Waals surface area contributed by atoms with Gasteiger partial charge in [0.05, 0.1) is 62.0 Å². The van der Waals surface area contributed by atoms with Gasteiger partial charge in [0.1, 0.15) is 46.0 Å². The van der Waals surface area contributed by atoms with Crippen molar-refractivity contribution in [1.29, 1.82) is 0 Å². The smallest absolute Gasteiger partial charge is 0.280 e. The van der Waals surface area contributed by atoms with Crippen LogP contribution in [0, 0.1) is 27.7 Å². The normalized spacial score (nSPS) is 21.4. The number of aryl methyl sites for hydroxylation is 4. The molecule has 1 saturated carbocycles. The van der Waals surface area contributed by atoms with E-state index in [4.69, 9.17) is 4.74 Å². The molecule has 8 aliphatic rings. The van der Waals surface area contributed by atoms with Crippen LogP contribution < -0.4 is 42.5 Å². The van der Waals surface area contributed by atoms with Gasteiger partial charge < -0.3 is 82.2 Å². The molecule has 8 amide bonds. The number of carbonyl (C=O) groups is 8. The molecule has 8 aromatic heterocycles. The summed E-state index contributed by atoms with van der Waals surface area (Å²) in [4.78, 5) is 150. The number of amides is 8. The first-order valence-corrected chi connectivity index (χ1v) is 51.1. The van der Waals surface area contributed by atoms with Crippen molar-refractivity contribution in [3.8, 4) is 41.8 Å². The summed E-state index contributed by atoms with van der Waals surface area (Å²) in [5.74, 6) is -6.06. The fraction of sp³-hybridized carbons (Fsp3) is 0.592. The van der Waals surface area contributed by atoms with E-state index in [1.807, 2.05) is 82.5 Å². The number of nitrogens with one attached hydrogen (secondary N) is 8. The lowest BCUT2D eigenvalue weighted by molar-refractivity contribution is 0.0115. The Labute approximate surface area is 819 Å². The van der Waals surface area contributed by atoms with Crippen LogP contribution in [0.4, 0.5) is 40.8 Å². The van der Waals surface area contributed by atoms with Crippen LogP contribution in [-0.4, -0.2) is 262 Å². The number of carbonyl (C=O) groups excluding carboxylic acids is 8. The van der Waals surface area contributed by atoms with Crippen molar-refractivity contribution in [3.63, 3.8) is 0 Å². The van der Waals surface area contributed by atoms with Crippen molar-refractivity contribution in [1.82, 2.24) is 80.7 Å². The molecule has 5 atom stereocenters. The van der Waals surface area contributed by atoms with E-state index in [9.17, 15) is 71.2 Å². The van der Waals surface area contributed by atoms with Crippen LogP contribution in [0.15, 0.2) is 49.1 Å². The van der Waals surface area contributed by atoms with Crippen molar-refractivity contribution < 1.29 is 76.0 Å². The van der Waals surface area contributed by atoms with Gasteiger partial charge in [0.25, 0.3) is 59.1 Å².